The van der Waals surface area contributed by atoms with E-state index in [0.717, 1.165) is 35.3 Å². The molecular formula is C22H23N3O2S. The number of hydrogen-bond acceptors (Lipinski definition) is 3. The Morgan fingerprint density at radius 3 is 2.64 bits per heavy atom. The number of rotatable bonds is 6. The number of amides is 1. The predicted octanol–water partition coefficient (Wildman–Crippen LogP) is 3.90. The molecule has 28 heavy (non-hydrogen) atoms. The lowest BCUT2D eigenvalue weighted by molar-refractivity contribution is -0.116. The zero-order valence-corrected chi connectivity index (χ0v) is 16.7. The van der Waals surface area contributed by atoms with Gasteiger partial charge in [-0.15, -0.1) is 0 Å². The standard InChI is InChI=1S/C22H23N3O2S/c1-16-8-5-6-12-20(16)25-22(18-14-28(27)15-19(18)24-25)23-21(26)13-7-11-17-9-3-2-4-10-17/h2-6,8-10,12H,7,11,13-15H2,1H3,(H,23,26). The first-order valence-electron chi connectivity index (χ1n) is 9.47. The first-order valence-corrected chi connectivity index (χ1v) is 11.0. The molecule has 1 aliphatic rings. The van der Waals surface area contributed by atoms with Crippen LogP contribution in [0.2, 0.25) is 0 Å². The molecule has 2 aromatic carbocycles. The number of carbonyl (C=O) groups excluding carboxylic acids is 1. The third-order valence-electron chi connectivity index (χ3n) is 4.98. The summed E-state index contributed by atoms with van der Waals surface area (Å²) in [5.74, 6) is 1.53. The maximum atomic E-state index is 12.6. The third-order valence-corrected chi connectivity index (χ3v) is 6.19. The van der Waals surface area contributed by atoms with Gasteiger partial charge in [-0.1, -0.05) is 48.5 Å². The van der Waals surface area contributed by atoms with E-state index in [1.165, 1.54) is 5.56 Å². The van der Waals surface area contributed by atoms with Gasteiger partial charge >= 0.3 is 0 Å². The summed E-state index contributed by atoms with van der Waals surface area (Å²) >= 11 is 0. The molecule has 0 saturated carbocycles. The molecule has 6 heteroatoms. The van der Waals surface area contributed by atoms with Crippen LogP contribution >= 0.6 is 0 Å². The maximum Gasteiger partial charge on any atom is 0.225 e. The fourth-order valence-electron chi connectivity index (χ4n) is 3.52. The van der Waals surface area contributed by atoms with Crippen LogP contribution < -0.4 is 5.32 Å². The van der Waals surface area contributed by atoms with Gasteiger partial charge in [-0.25, -0.2) is 4.68 Å². The van der Waals surface area contributed by atoms with Gasteiger partial charge in [-0.3, -0.25) is 9.00 Å². The van der Waals surface area contributed by atoms with E-state index in [0.29, 0.717) is 23.7 Å². The Kier molecular flexibility index (Phi) is 5.39. The van der Waals surface area contributed by atoms with Gasteiger partial charge in [0.05, 0.1) is 22.9 Å². The summed E-state index contributed by atoms with van der Waals surface area (Å²) in [6, 6.07) is 18.1. The third kappa shape index (κ3) is 3.92. The number of carbonyl (C=O) groups is 1. The zero-order chi connectivity index (χ0) is 19.5. The van der Waals surface area contributed by atoms with Gasteiger partial charge in [-0.05, 0) is 37.0 Å². The Morgan fingerprint density at radius 1 is 1.11 bits per heavy atom. The van der Waals surface area contributed by atoms with Crippen LogP contribution in [-0.4, -0.2) is 19.9 Å². The minimum absolute atomic E-state index is 0.0360. The molecule has 0 spiro atoms. The van der Waals surface area contributed by atoms with Crippen LogP contribution in [0.1, 0.15) is 35.2 Å². The largest absolute Gasteiger partial charge is 0.310 e. The van der Waals surface area contributed by atoms with E-state index >= 15 is 0 Å². The minimum atomic E-state index is -0.941. The van der Waals surface area contributed by atoms with Gasteiger partial charge in [0.25, 0.3) is 0 Å². The molecule has 1 atom stereocenters. The predicted molar refractivity (Wildman–Crippen MR) is 112 cm³/mol. The van der Waals surface area contributed by atoms with Crippen molar-refractivity contribution in [1.82, 2.24) is 9.78 Å². The average molecular weight is 394 g/mol. The van der Waals surface area contributed by atoms with Crippen LogP contribution in [0.5, 0.6) is 0 Å². The molecule has 1 N–H and O–H groups in total. The molecule has 4 rings (SSSR count). The quantitative estimate of drug-likeness (QED) is 0.691. The van der Waals surface area contributed by atoms with Gasteiger partial charge in [0.2, 0.25) is 5.91 Å². The maximum absolute atomic E-state index is 12.6. The van der Waals surface area contributed by atoms with Crippen molar-refractivity contribution in [3.63, 3.8) is 0 Å². The molecule has 5 nitrogen and oxygen atoms in total. The number of nitrogens with zero attached hydrogens (tertiary/aromatic N) is 2. The lowest BCUT2D eigenvalue weighted by Crippen LogP contribution is -2.16. The van der Waals surface area contributed by atoms with Crippen molar-refractivity contribution in [2.75, 3.05) is 5.32 Å². The lowest BCUT2D eigenvalue weighted by Gasteiger charge is -2.13. The molecule has 1 unspecified atom stereocenters. The molecule has 0 bridgehead atoms. The lowest BCUT2D eigenvalue weighted by atomic mass is 10.1. The first kappa shape index (κ1) is 18.6. The van der Waals surface area contributed by atoms with Crippen molar-refractivity contribution in [2.45, 2.75) is 37.7 Å². The molecule has 0 radical (unpaired) electrons. The molecular weight excluding hydrogens is 370 g/mol. The van der Waals surface area contributed by atoms with E-state index in [1.807, 2.05) is 49.4 Å². The number of aromatic nitrogens is 2. The first-order chi connectivity index (χ1) is 13.6. The molecule has 1 aliphatic heterocycles. The van der Waals surface area contributed by atoms with Gasteiger partial charge in [0.15, 0.2) is 0 Å². The van der Waals surface area contributed by atoms with Crippen molar-refractivity contribution in [1.29, 1.82) is 0 Å². The van der Waals surface area contributed by atoms with Crippen LogP contribution in [0, 0.1) is 6.92 Å². The second kappa shape index (κ2) is 8.10. The van der Waals surface area contributed by atoms with Gasteiger partial charge < -0.3 is 5.32 Å². The molecule has 3 aromatic rings. The van der Waals surface area contributed by atoms with Crippen molar-refractivity contribution < 1.29 is 9.00 Å². The van der Waals surface area contributed by atoms with Crippen LogP contribution in [0.15, 0.2) is 54.6 Å². The zero-order valence-electron chi connectivity index (χ0n) is 15.9. The van der Waals surface area contributed by atoms with E-state index in [2.05, 4.69) is 22.5 Å². The number of nitrogens with one attached hydrogen (secondary N) is 1. The number of fused-ring (bicyclic) bond motifs is 1. The second-order valence-corrected chi connectivity index (χ2v) is 8.54. The number of anilines is 1. The Morgan fingerprint density at radius 2 is 1.86 bits per heavy atom. The average Bonchev–Trinajstić information content (AvgIpc) is 3.20. The van der Waals surface area contributed by atoms with E-state index in [-0.39, 0.29) is 5.91 Å². The number of aryl methyl sites for hydroxylation is 2. The molecule has 2 heterocycles. The molecule has 0 saturated heterocycles. The molecule has 144 valence electrons. The summed E-state index contributed by atoms with van der Waals surface area (Å²) in [5.41, 5.74) is 4.96. The van der Waals surface area contributed by atoms with Gasteiger partial charge in [0.1, 0.15) is 5.82 Å². The van der Waals surface area contributed by atoms with Crippen LogP contribution in [-0.2, 0) is 33.5 Å². The topological polar surface area (TPSA) is 64.0 Å². The van der Waals surface area contributed by atoms with Crippen molar-refractivity contribution in [3.8, 4) is 5.69 Å². The number of benzene rings is 2. The molecule has 1 amide bonds. The van der Waals surface area contributed by atoms with Crippen LogP contribution in [0.3, 0.4) is 0 Å². The van der Waals surface area contributed by atoms with Crippen molar-refractivity contribution in [2.24, 2.45) is 0 Å². The van der Waals surface area contributed by atoms with Crippen molar-refractivity contribution >= 4 is 22.5 Å². The van der Waals surface area contributed by atoms with E-state index in [1.54, 1.807) is 4.68 Å². The minimum Gasteiger partial charge on any atom is -0.310 e. The molecule has 1 aromatic heterocycles. The Bertz CT molecular complexity index is 1030. The number of hydrogen-bond donors (Lipinski definition) is 1. The van der Waals surface area contributed by atoms with Crippen LogP contribution in [0.4, 0.5) is 5.82 Å². The van der Waals surface area contributed by atoms with E-state index < -0.39 is 10.8 Å². The van der Waals surface area contributed by atoms with Crippen molar-refractivity contribution in [3.05, 3.63) is 77.0 Å². The summed E-state index contributed by atoms with van der Waals surface area (Å²) in [6.45, 7) is 2.02. The fourth-order valence-corrected chi connectivity index (χ4v) is 4.79. The molecule has 0 aliphatic carbocycles. The van der Waals surface area contributed by atoms with Gasteiger partial charge in [0, 0.05) is 22.8 Å². The highest BCUT2D eigenvalue weighted by molar-refractivity contribution is 7.83. The molecule has 0 fully saturated rings. The van der Waals surface area contributed by atoms with Crippen LogP contribution in [0.25, 0.3) is 5.69 Å². The summed E-state index contributed by atoms with van der Waals surface area (Å²) in [6.07, 6.45) is 2.08. The Balaban J connectivity index is 1.52. The normalized spacial score (nSPS) is 15.4. The fraction of sp³-hybridized carbons (Fsp3) is 0.273. The summed E-state index contributed by atoms with van der Waals surface area (Å²) in [7, 11) is -0.941. The van der Waals surface area contributed by atoms with E-state index in [9.17, 15) is 9.00 Å². The SMILES string of the molecule is Cc1ccccc1-n1nc2c(c1NC(=O)CCCc1ccccc1)CS(=O)C2. The monoisotopic (exact) mass is 393 g/mol. The smallest absolute Gasteiger partial charge is 0.225 e. The summed E-state index contributed by atoms with van der Waals surface area (Å²) in [4.78, 5) is 12.6. The second-order valence-electron chi connectivity index (χ2n) is 7.09. The van der Waals surface area contributed by atoms with Gasteiger partial charge in [-0.2, -0.15) is 5.10 Å². The highest BCUT2D eigenvalue weighted by Crippen LogP contribution is 2.32. The Hall–Kier alpha value is -2.73. The summed E-state index contributed by atoms with van der Waals surface area (Å²) < 4.78 is 13.8. The number of para-hydroxylation sites is 1. The highest BCUT2D eigenvalue weighted by atomic mass is 32.2. The van der Waals surface area contributed by atoms with E-state index in [4.69, 9.17) is 0 Å². The summed E-state index contributed by atoms with van der Waals surface area (Å²) in [5, 5.41) is 7.71. The highest BCUT2D eigenvalue weighted by Gasteiger charge is 2.28. The Labute approximate surface area is 167 Å².